The maximum absolute atomic E-state index is 12.8. The number of benzene rings is 1. The van der Waals surface area contributed by atoms with Gasteiger partial charge < -0.3 is 10.2 Å². The van der Waals surface area contributed by atoms with E-state index in [1.165, 1.54) is 17.5 Å². The van der Waals surface area contributed by atoms with Crippen LogP contribution < -0.4 is 5.32 Å². The van der Waals surface area contributed by atoms with Gasteiger partial charge in [-0.3, -0.25) is 9.78 Å². The fourth-order valence-corrected chi connectivity index (χ4v) is 4.36. The van der Waals surface area contributed by atoms with E-state index >= 15 is 0 Å². The number of nitrogens with one attached hydrogen (secondary N) is 1. The van der Waals surface area contributed by atoms with E-state index in [1.54, 1.807) is 6.20 Å². The molecule has 0 spiro atoms. The number of carbonyl (C=O) groups is 1. The summed E-state index contributed by atoms with van der Waals surface area (Å²) >= 11 is 0. The molecule has 4 nitrogen and oxygen atoms in total. The lowest BCUT2D eigenvalue weighted by atomic mass is 9.81. The number of aryl methyl sites for hydroxylation is 1. The molecule has 0 saturated carbocycles. The van der Waals surface area contributed by atoms with Gasteiger partial charge in [0, 0.05) is 37.9 Å². The number of hydrogen-bond donors (Lipinski definition) is 1. The summed E-state index contributed by atoms with van der Waals surface area (Å²) < 4.78 is 0. The second kappa shape index (κ2) is 7.90. The number of carbonyl (C=O) groups excluding carboxylic acids is 1. The molecule has 1 unspecified atom stereocenters. The standard InChI is InChI=1S/C22H27N3O/c26-22(15-18-7-3-6-17-5-1-2-9-21(17)18)25-13-10-19(11-14-25)24-20-8-4-12-23-16-20/h1-2,4-5,8-9,12,16,18-19,24H,3,6-7,10-11,13-15H2. The Kier molecular flexibility index (Phi) is 5.19. The average Bonchev–Trinajstić information content (AvgIpc) is 2.70. The third kappa shape index (κ3) is 3.90. The van der Waals surface area contributed by atoms with Crippen LogP contribution in [0.5, 0.6) is 0 Å². The summed E-state index contributed by atoms with van der Waals surface area (Å²) in [5.41, 5.74) is 3.91. The van der Waals surface area contributed by atoms with Crippen LogP contribution >= 0.6 is 0 Å². The molecule has 1 saturated heterocycles. The van der Waals surface area contributed by atoms with E-state index in [-0.39, 0.29) is 0 Å². The van der Waals surface area contributed by atoms with Gasteiger partial charge in [-0.2, -0.15) is 0 Å². The van der Waals surface area contributed by atoms with Gasteiger partial charge in [0.15, 0.2) is 0 Å². The first-order valence-electron chi connectivity index (χ1n) is 9.82. The SMILES string of the molecule is O=C(CC1CCCc2ccccc21)N1CCC(Nc2cccnc2)CC1. The number of aromatic nitrogens is 1. The Labute approximate surface area is 155 Å². The molecule has 0 radical (unpaired) electrons. The van der Waals surface area contributed by atoms with Crippen LogP contribution in [0.25, 0.3) is 0 Å². The highest BCUT2D eigenvalue weighted by Gasteiger charge is 2.27. The monoisotopic (exact) mass is 349 g/mol. The quantitative estimate of drug-likeness (QED) is 0.907. The lowest BCUT2D eigenvalue weighted by Gasteiger charge is -2.34. The van der Waals surface area contributed by atoms with Gasteiger partial charge in [-0.25, -0.2) is 0 Å². The first kappa shape index (κ1) is 17.1. The smallest absolute Gasteiger partial charge is 0.223 e. The van der Waals surface area contributed by atoms with E-state index < -0.39 is 0 Å². The minimum atomic E-state index is 0.325. The van der Waals surface area contributed by atoms with Gasteiger partial charge in [0.25, 0.3) is 0 Å². The van der Waals surface area contributed by atoms with Crippen LogP contribution in [0.4, 0.5) is 5.69 Å². The van der Waals surface area contributed by atoms with E-state index in [4.69, 9.17) is 0 Å². The molecule has 1 aliphatic heterocycles. The van der Waals surface area contributed by atoms with E-state index in [9.17, 15) is 4.79 Å². The second-order valence-corrected chi connectivity index (χ2v) is 7.53. The largest absolute Gasteiger partial charge is 0.381 e. The molecule has 1 N–H and O–H groups in total. The first-order valence-corrected chi connectivity index (χ1v) is 9.82. The van der Waals surface area contributed by atoms with Crippen LogP contribution in [0.3, 0.4) is 0 Å². The summed E-state index contributed by atoms with van der Waals surface area (Å²) in [5.74, 6) is 0.727. The molecule has 2 heterocycles. The molecular formula is C22H27N3O. The Balaban J connectivity index is 1.30. The normalized spacial score (nSPS) is 20.5. The van der Waals surface area contributed by atoms with Crippen LogP contribution in [0, 0.1) is 0 Å². The van der Waals surface area contributed by atoms with Crippen molar-refractivity contribution >= 4 is 11.6 Å². The van der Waals surface area contributed by atoms with Gasteiger partial charge in [0.1, 0.15) is 0 Å². The van der Waals surface area contributed by atoms with E-state index in [0.717, 1.165) is 44.5 Å². The zero-order valence-corrected chi connectivity index (χ0v) is 15.2. The molecule has 26 heavy (non-hydrogen) atoms. The van der Waals surface area contributed by atoms with Crippen molar-refractivity contribution < 1.29 is 4.79 Å². The minimum absolute atomic E-state index is 0.325. The summed E-state index contributed by atoms with van der Waals surface area (Å²) in [7, 11) is 0. The first-order chi connectivity index (χ1) is 12.8. The fourth-order valence-electron chi connectivity index (χ4n) is 4.36. The highest BCUT2D eigenvalue weighted by molar-refractivity contribution is 5.77. The van der Waals surface area contributed by atoms with E-state index in [0.29, 0.717) is 24.3 Å². The van der Waals surface area contributed by atoms with Gasteiger partial charge in [-0.05, 0) is 61.3 Å². The zero-order chi connectivity index (χ0) is 17.8. The topological polar surface area (TPSA) is 45.2 Å². The van der Waals surface area contributed by atoms with Gasteiger partial charge in [-0.1, -0.05) is 24.3 Å². The Hall–Kier alpha value is -2.36. The van der Waals surface area contributed by atoms with Gasteiger partial charge in [-0.15, -0.1) is 0 Å². The number of hydrogen-bond acceptors (Lipinski definition) is 3. The Morgan fingerprint density at radius 3 is 2.77 bits per heavy atom. The van der Waals surface area contributed by atoms with Crippen molar-refractivity contribution in [3.05, 3.63) is 59.9 Å². The highest BCUT2D eigenvalue weighted by atomic mass is 16.2. The zero-order valence-electron chi connectivity index (χ0n) is 15.2. The molecule has 1 fully saturated rings. The molecule has 1 aliphatic carbocycles. The van der Waals surface area contributed by atoms with Crippen LogP contribution in [0.2, 0.25) is 0 Å². The van der Waals surface area contributed by atoms with Crippen LogP contribution in [0.1, 0.15) is 49.1 Å². The van der Waals surface area contributed by atoms with Crippen LogP contribution in [-0.4, -0.2) is 34.9 Å². The molecule has 136 valence electrons. The molecule has 4 heteroatoms. The number of fused-ring (bicyclic) bond motifs is 1. The molecule has 2 aromatic rings. The maximum atomic E-state index is 12.8. The predicted molar refractivity (Wildman–Crippen MR) is 104 cm³/mol. The third-order valence-corrected chi connectivity index (χ3v) is 5.79. The lowest BCUT2D eigenvalue weighted by Crippen LogP contribution is -2.42. The number of likely N-dealkylation sites (tertiary alicyclic amines) is 1. The van der Waals surface area contributed by atoms with Crippen molar-refractivity contribution in [2.45, 2.75) is 50.5 Å². The number of piperidine rings is 1. The van der Waals surface area contributed by atoms with Crippen molar-refractivity contribution in [1.82, 2.24) is 9.88 Å². The van der Waals surface area contributed by atoms with Gasteiger partial charge in [0.2, 0.25) is 5.91 Å². The number of rotatable bonds is 4. The van der Waals surface area contributed by atoms with Crippen molar-refractivity contribution in [2.24, 2.45) is 0 Å². The number of anilines is 1. The Morgan fingerprint density at radius 1 is 1.12 bits per heavy atom. The second-order valence-electron chi connectivity index (χ2n) is 7.53. The molecular weight excluding hydrogens is 322 g/mol. The predicted octanol–water partition coefficient (Wildman–Crippen LogP) is 3.99. The van der Waals surface area contributed by atoms with E-state index in [1.807, 2.05) is 18.3 Å². The van der Waals surface area contributed by atoms with Gasteiger partial charge >= 0.3 is 0 Å². The lowest BCUT2D eigenvalue weighted by molar-refractivity contribution is -0.132. The van der Waals surface area contributed by atoms with Crippen molar-refractivity contribution in [3.63, 3.8) is 0 Å². The highest BCUT2D eigenvalue weighted by Crippen LogP contribution is 2.34. The molecule has 2 aliphatic rings. The van der Waals surface area contributed by atoms with Crippen molar-refractivity contribution in [2.75, 3.05) is 18.4 Å². The van der Waals surface area contributed by atoms with Crippen LogP contribution in [0.15, 0.2) is 48.8 Å². The molecule has 1 aromatic heterocycles. The summed E-state index contributed by atoms with van der Waals surface area (Å²) in [6, 6.07) is 13.1. The average molecular weight is 349 g/mol. The Morgan fingerprint density at radius 2 is 1.96 bits per heavy atom. The molecule has 1 aromatic carbocycles. The van der Waals surface area contributed by atoms with Gasteiger partial charge in [0.05, 0.1) is 5.69 Å². The summed E-state index contributed by atoms with van der Waals surface area (Å²) in [6.45, 7) is 1.70. The fraction of sp³-hybridized carbons (Fsp3) is 0.455. The summed E-state index contributed by atoms with van der Waals surface area (Å²) in [6.07, 6.45) is 9.81. The minimum Gasteiger partial charge on any atom is -0.381 e. The third-order valence-electron chi connectivity index (χ3n) is 5.79. The summed E-state index contributed by atoms with van der Waals surface area (Å²) in [4.78, 5) is 19.1. The number of pyridine rings is 1. The maximum Gasteiger partial charge on any atom is 0.223 e. The number of amides is 1. The van der Waals surface area contributed by atoms with E-state index in [2.05, 4.69) is 39.5 Å². The molecule has 1 atom stereocenters. The van der Waals surface area contributed by atoms with Crippen LogP contribution in [-0.2, 0) is 11.2 Å². The number of nitrogens with zero attached hydrogens (tertiary/aromatic N) is 2. The van der Waals surface area contributed by atoms with Crippen molar-refractivity contribution in [1.29, 1.82) is 0 Å². The Bertz CT molecular complexity index is 738. The molecule has 1 amide bonds. The molecule has 0 bridgehead atoms. The van der Waals surface area contributed by atoms with Crippen molar-refractivity contribution in [3.8, 4) is 0 Å². The molecule has 4 rings (SSSR count). The summed E-state index contributed by atoms with van der Waals surface area (Å²) in [5, 5.41) is 3.53.